The standard InChI is InChI=1S/C25H34N2O2/c1-5-6-14-29-24(28)16-22-18(2)15-23-21(13-12-20(26-23)17-27(3)4)25(22)19-10-8-7-9-11-19/h10,12-13,15H,5-9,11,14,16-17H2,1-4H3. The van der Waals surface area contributed by atoms with Crippen molar-refractivity contribution in [1.29, 1.82) is 0 Å². The largest absolute Gasteiger partial charge is 0.465 e. The fraction of sp³-hybridized carbons (Fsp3) is 0.520. The Labute approximate surface area is 175 Å². The topological polar surface area (TPSA) is 42.4 Å². The molecule has 0 unspecified atom stereocenters. The lowest BCUT2D eigenvalue weighted by Crippen LogP contribution is -2.13. The Bertz CT molecular complexity index is 899. The zero-order valence-corrected chi connectivity index (χ0v) is 18.4. The minimum atomic E-state index is -0.129. The van der Waals surface area contributed by atoms with E-state index in [1.165, 1.54) is 24.0 Å². The Kier molecular flexibility index (Phi) is 7.43. The van der Waals surface area contributed by atoms with Gasteiger partial charge in [0.25, 0.3) is 0 Å². The van der Waals surface area contributed by atoms with Crippen LogP contribution in [0.4, 0.5) is 0 Å². The highest BCUT2D eigenvalue weighted by atomic mass is 16.5. The number of unbranched alkanes of at least 4 members (excludes halogenated alkanes) is 1. The highest BCUT2D eigenvalue weighted by molar-refractivity contribution is 5.95. The van der Waals surface area contributed by atoms with Gasteiger partial charge < -0.3 is 9.64 Å². The molecule has 1 aliphatic carbocycles. The van der Waals surface area contributed by atoms with Gasteiger partial charge in [0.2, 0.25) is 0 Å². The third-order valence-electron chi connectivity index (χ3n) is 5.56. The maximum Gasteiger partial charge on any atom is 0.310 e. The zero-order valence-electron chi connectivity index (χ0n) is 18.4. The number of aryl methyl sites for hydroxylation is 1. The zero-order chi connectivity index (χ0) is 20.8. The molecule has 1 aromatic carbocycles. The van der Waals surface area contributed by atoms with Gasteiger partial charge in [-0.2, -0.15) is 0 Å². The van der Waals surface area contributed by atoms with Gasteiger partial charge in [-0.25, -0.2) is 0 Å². The van der Waals surface area contributed by atoms with E-state index in [9.17, 15) is 4.79 Å². The van der Waals surface area contributed by atoms with Gasteiger partial charge in [0.1, 0.15) is 0 Å². The Morgan fingerprint density at radius 3 is 2.76 bits per heavy atom. The van der Waals surface area contributed by atoms with E-state index < -0.39 is 0 Å². The molecule has 4 heteroatoms. The first kappa shape index (κ1) is 21.5. The number of carbonyl (C=O) groups excluding carboxylic acids is 1. The van der Waals surface area contributed by atoms with Gasteiger partial charge in [-0.05, 0) is 87.5 Å². The van der Waals surface area contributed by atoms with Crippen LogP contribution in [0.25, 0.3) is 16.5 Å². The predicted octanol–water partition coefficient (Wildman–Crippen LogP) is 5.45. The maximum absolute atomic E-state index is 12.5. The molecule has 0 fully saturated rings. The first-order chi connectivity index (χ1) is 14.0. The molecule has 1 heterocycles. The van der Waals surface area contributed by atoms with E-state index in [2.05, 4.69) is 57.1 Å². The van der Waals surface area contributed by atoms with Crippen LogP contribution in [0.5, 0.6) is 0 Å². The lowest BCUT2D eigenvalue weighted by Gasteiger charge is -2.21. The quantitative estimate of drug-likeness (QED) is 0.441. The van der Waals surface area contributed by atoms with E-state index in [0.717, 1.165) is 60.0 Å². The summed E-state index contributed by atoms with van der Waals surface area (Å²) in [6.07, 6.45) is 9.25. The van der Waals surface area contributed by atoms with Crippen molar-refractivity contribution in [1.82, 2.24) is 9.88 Å². The number of fused-ring (bicyclic) bond motifs is 1. The molecule has 0 spiro atoms. The van der Waals surface area contributed by atoms with Crippen molar-refractivity contribution in [2.24, 2.45) is 0 Å². The smallest absolute Gasteiger partial charge is 0.310 e. The third kappa shape index (κ3) is 5.45. The first-order valence-electron chi connectivity index (χ1n) is 10.9. The molecule has 0 N–H and O–H groups in total. The number of hydrogen-bond acceptors (Lipinski definition) is 4. The van der Waals surface area contributed by atoms with Gasteiger partial charge >= 0.3 is 5.97 Å². The molecule has 4 nitrogen and oxygen atoms in total. The van der Waals surface area contributed by atoms with Crippen molar-refractivity contribution < 1.29 is 9.53 Å². The fourth-order valence-corrected chi connectivity index (χ4v) is 4.09. The summed E-state index contributed by atoms with van der Waals surface area (Å²) in [6.45, 7) is 5.53. The molecule has 0 radical (unpaired) electrons. The summed E-state index contributed by atoms with van der Waals surface area (Å²) >= 11 is 0. The summed E-state index contributed by atoms with van der Waals surface area (Å²) in [6, 6.07) is 6.45. The van der Waals surface area contributed by atoms with Crippen molar-refractivity contribution in [3.8, 4) is 0 Å². The normalized spacial score (nSPS) is 14.3. The summed E-state index contributed by atoms with van der Waals surface area (Å²) in [5, 5.41) is 1.16. The summed E-state index contributed by atoms with van der Waals surface area (Å²) in [5.41, 5.74) is 6.90. The van der Waals surface area contributed by atoms with E-state index in [1.54, 1.807) is 0 Å². The van der Waals surface area contributed by atoms with Crippen LogP contribution >= 0.6 is 0 Å². The van der Waals surface area contributed by atoms with Crippen LogP contribution in [-0.4, -0.2) is 36.6 Å². The molecule has 0 saturated heterocycles. The highest BCUT2D eigenvalue weighted by Gasteiger charge is 2.20. The maximum atomic E-state index is 12.5. The van der Waals surface area contributed by atoms with Gasteiger partial charge in [0, 0.05) is 11.9 Å². The van der Waals surface area contributed by atoms with Crippen molar-refractivity contribution in [2.75, 3.05) is 20.7 Å². The van der Waals surface area contributed by atoms with Crippen LogP contribution < -0.4 is 0 Å². The molecule has 0 aliphatic heterocycles. The highest BCUT2D eigenvalue weighted by Crippen LogP contribution is 2.36. The van der Waals surface area contributed by atoms with Crippen molar-refractivity contribution >= 4 is 22.4 Å². The van der Waals surface area contributed by atoms with Gasteiger partial charge in [0.05, 0.1) is 24.2 Å². The van der Waals surface area contributed by atoms with Crippen molar-refractivity contribution in [3.63, 3.8) is 0 Å². The SMILES string of the molecule is CCCCOC(=O)Cc1c(C)cc2nc(CN(C)C)ccc2c1C1=CCCCC1. The molecule has 3 rings (SSSR count). The van der Waals surface area contributed by atoms with Gasteiger partial charge in [-0.15, -0.1) is 0 Å². The molecular formula is C25H34N2O2. The molecule has 156 valence electrons. The van der Waals surface area contributed by atoms with Gasteiger partial charge in [-0.1, -0.05) is 25.5 Å². The molecular weight excluding hydrogens is 360 g/mol. The lowest BCUT2D eigenvalue weighted by atomic mass is 9.85. The summed E-state index contributed by atoms with van der Waals surface area (Å²) in [5.74, 6) is -0.129. The fourth-order valence-electron chi connectivity index (χ4n) is 4.09. The van der Waals surface area contributed by atoms with Gasteiger partial charge in [-0.3, -0.25) is 9.78 Å². The minimum Gasteiger partial charge on any atom is -0.465 e. The summed E-state index contributed by atoms with van der Waals surface area (Å²) in [7, 11) is 4.12. The second-order valence-corrected chi connectivity index (χ2v) is 8.38. The lowest BCUT2D eigenvalue weighted by molar-refractivity contribution is -0.142. The second-order valence-electron chi connectivity index (χ2n) is 8.38. The Morgan fingerprint density at radius 1 is 1.24 bits per heavy atom. The number of hydrogen-bond donors (Lipinski definition) is 0. The number of pyridine rings is 1. The number of carbonyl (C=O) groups is 1. The Hall–Kier alpha value is -2.20. The Balaban J connectivity index is 2.05. The van der Waals surface area contributed by atoms with Crippen molar-refractivity contribution in [3.05, 3.63) is 46.7 Å². The van der Waals surface area contributed by atoms with E-state index in [1.807, 2.05) is 0 Å². The molecule has 1 aliphatic rings. The van der Waals surface area contributed by atoms with Crippen LogP contribution in [0.15, 0.2) is 24.3 Å². The second kappa shape index (κ2) is 10.0. The van der Waals surface area contributed by atoms with E-state index in [-0.39, 0.29) is 5.97 Å². The minimum absolute atomic E-state index is 0.129. The average Bonchev–Trinajstić information content (AvgIpc) is 2.69. The first-order valence-corrected chi connectivity index (χ1v) is 10.9. The molecule has 0 atom stereocenters. The van der Waals surface area contributed by atoms with Crippen LogP contribution in [-0.2, 0) is 22.5 Å². The molecule has 2 aromatic rings. The van der Waals surface area contributed by atoms with Gasteiger partial charge in [0.15, 0.2) is 0 Å². The van der Waals surface area contributed by atoms with E-state index in [0.29, 0.717) is 13.0 Å². The van der Waals surface area contributed by atoms with Crippen LogP contribution in [0, 0.1) is 6.92 Å². The monoisotopic (exact) mass is 394 g/mol. The average molecular weight is 395 g/mol. The van der Waals surface area contributed by atoms with E-state index in [4.69, 9.17) is 9.72 Å². The Morgan fingerprint density at radius 2 is 2.07 bits per heavy atom. The number of esters is 1. The van der Waals surface area contributed by atoms with Crippen molar-refractivity contribution in [2.45, 2.75) is 65.3 Å². The number of benzene rings is 1. The van der Waals surface area contributed by atoms with Crippen LogP contribution in [0.1, 0.15) is 67.8 Å². The van der Waals surface area contributed by atoms with Crippen LogP contribution in [0.3, 0.4) is 0 Å². The number of rotatable bonds is 8. The number of ether oxygens (including phenoxy) is 1. The summed E-state index contributed by atoms with van der Waals surface area (Å²) < 4.78 is 5.48. The number of nitrogens with zero attached hydrogens (tertiary/aromatic N) is 2. The predicted molar refractivity (Wildman–Crippen MR) is 120 cm³/mol. The summed E-state index contributed by atoms with van der Waals surface area (Å²) in [4.78, 5) is 19.6. The van der Waals surface area contributed by atoms with E-state index >= 15 is 0 Å². The molecule has 0 amide bonds. The molecule has 29 heavy (non-hydrogen) atoms. The molecule has 0 bridgehead atoms. The number of allylic oxidation sites excluding steroid dienone is 2. The molecule has 0 saturated carbocycles. The number of aromatic nitrogens is 1. The molecule has 1 aromatic heterocycles. The van der Waals surface area contributed by atoms with Crippen LogP contribution in [0.2, 0.25) is 0 Å². The third-order valence-corrected chi connectivity index (χ3v) is 5.56.